The standard InChI is InChI=1S/C36H70O3/c1-3-5-7-9-11-13-15-17-19-20-22-24-26-28-30-32-34-39-36(38)35(37)33-31-29-27-25-23-21-18-16-14-12-10-8-6-4-2/h17,19,35,37H,3-16,18,20-34H2,1-2H3. The topological polar surface area (TPSA) is 46.5 Å². The Bertz CT molecular complexity index is 502. The van der Waals surface area contributed by atoms with Crippen molar-refractivity contribution in [3.63, 3.8) is 0 Å². The summed E-state index contributed by atoms with van der Waals surface area (Å²) in [4.78, 5) is 12.0. The molecule has 0 amide bonds. The van der Waals surface area contributed by atoms with Crippen LogP contribution in [0.5, 0.6) is 0 Å². The third kappa shape index (κ3) is 31.6. The summed E-state index contributed by atoms with van der Waals surface area (Å²) in [7, 11) is 0. The van der Waals surface area contributed by atoms with Gasteiger partial charge in [0.2, 0.25) is 0 Å². The zero-order valence-corrected chi connectivity index (χ0v) is 26.7. The molecule has 0 bridgehead atoms. The smallest absolute Gasteiger partial charge is 0.334 e. The SMILES string of the molecule is CCCCCCCCC=CCCCCCCCCOC(=O)C(O)CCCCCCCCCCCCCCCC. The molecule has 0 aromatic rings. The number of allylic oxidation sites excluding steroid dienone is 2. The van der Waals surface area contributed by atoms with Gasteiger partial charge in [-0.3, -0.25) is 0 Å². The van der Waals surface area contributed by atoms with Crippen LogP contribution in [0.3, 0.4) is 0 Å². The molecule has 0 saturated carbocycles. The number of esters is 1. The first kappa shape index (κ1) is 38.2. The van der Waals surface area contributed by atoms with Crippen LogP contribution in [0.1, 0.15) is 200 Å². The second-order valence-corrected chi connectivity index (χ2v) is 12.0. The Morgan fingerprint density at radius 2 is 0.846 bits per heavy atom. The molecule has 0 spiro atoms. The molecule has 232 valence electrons. The molecule has 0 heterocycles. The van der Waals surface area contributed by atoms with E-state index in [1.165, 1.54) is 154 Å². The minimum atomic E-state index is -0.934. The first-order chi connectivity index (χ1) is 19.2. The Labute approximate surface area is 245 Å². The van der Waals surface area contributed by atoms with Crippen LogP contribution in [0.2, 0.25) is 0 Å². The number of carbonyl (C=O) groups is 1. The minimum absolute atomic E-state index is 0.419. The predicted molar refractivity (Wildman–Crippen MR) is 171 cm³/mol. The van der Waals surface area contributed by atoms with Crippen LogP contribution in [-0.4, -0.2) is 23.8 Å². The maximum Gasteiger partial charge on any atom is 0.334 e. The van der Waals surface area contributed by atoms with Crippen molar-refractivity contribution in [1.82, 2.24) is 0 Å². The quantitative estimate of drug-likeness (QED) is 0.0514. The second-order valence-electron chi connectivity index (χ2n) is 12.0. The number of hydrogen-bond acceptors (Lipinski definition) is 3. The molecule has 0 saturated heterocycles. The number of rotatable bonds is 32. The molecule has 0 aromatic carbocycles. The second kappa shape index (κ2) is 33.4. The molecule has 39 heavy (non-hydrogen) atoms. The number of carbonyl (C=O) groups excluding carboxylic acids is 1. The summed E-state index contributed by atoms with van der Waals surface area (Å²) >= 11 is 0. The summed E-state index contributed by atoms with van der Waals surface area (Å²) in [5.74, 6) is -0.419. The van der Waals surface area contributed by atoms with Crippen molar-refractivity contribution in [3.05, 3.63) is 12.2 Å². The van der Waals surface area contributed by atoms with E-state index >= 15 is 0 Å². The third-order valence-corrected chi connectivity index (χ3v) is 8.00. The molecule has 0 radical (unpaired) electrons. The number of aliphatic hydroxyl groups excluding tert-OH is 1. The summed E-state index contributed by atoms with van der Waals surface area (Å²) in [5.41, 5.74) is 0. The Hall–Kier alpha value is -0.830. The van der Waals surface area contributed by atoms with E-state index < -0.39 is 12.1 Å². The van der Waals surface area contributed by atoms with E-state index in [2.05, 4.69) is 26.0 Å². The highest BCUT2D eigenvalue weighted by molar-refractivity contribution is 5.74. The third-order valence-electron chi connectivity index (χ3n) is 8.00. The van der Waals surface area contributed by atoms with E-state index in [0.717, 1.165) is 25.7 Å². The lowest BCUT2D eigenvalue weighted by molar-refractivity contribution is -0.154. The molecule has 0 aliphatic heterocycles. The molecule has 0 aliphatic carbocycles. The van der Waals surface area contributed by atoms with E-state index in [-0.39, 0.29) is 0 Å². The minimum Gasteiger partial charge on any atom is -0.464 e. The summed E-state index contributed by atoms with van der Waals surface area (Å²) in [6, 6.07) is 0. The molecule has 3 nitrogen and oxygen atoms in total. The molecule has 0 fully saturated rings. The largest absolute Gasteiger partial charge is 0.464 e. The summed E-state index contributed by atoms with van der Waals surface area (Å²) in [6.45, 7) is 5.00. The van der Waals surface area contributed by atoms with Gasteiger partial charge in [0, 0.05) is 0 Å². The summed E-state index contributed by atoms with van der Waals surface area (Å²) in [6.07, 6.45) is 40.6. The highest BCUT2D eigenvalue weighted by Gasteiger charge is 2.15. The maximum absolute atomic E-state index is 12.0. The highest BCUT2D eigenvalue weighted by atomic mass is 16.5. The first-order valence-electron chi connectivity index (χ1n) is 17.7. The lowest BCUT2D eigenvalue weighted by Crippen LogP contribution is -2.23. The van der Waals surface area contributed by atoms with Crippen molar-refractivity contribution >= 4 is 5.97 Å². The Morgan fingerprint density at radius 1 is 0.513 bits per heavy atom. The first-order valence-corrected chi connectivity index (χ1v) is 17.7. The van der Waals surface area contributed by atoms with Crippen LogP contribution >= 0.6 is 0 Å². The van der Waals surface area contributed by atoms with Crippen molar-refractivity contribution in [2.75, 3.05) is 6.61 Å². The summed E-state index contributed by atoms with van der Waals surface area (Å²) in [5, 5.41) is 10.1. The van der Waals surface area contributed by atoms with E-state index in [4.69, 9.17) is 4.74 Å². The fourth-order valence-electron chi connectivity index (χ4n) is 5.27. The Morgan fingerprint density at radius 3 is 1.26 bits per heavy atom. The van der Waals surface area contributed by atoms with Crippen LogP contribution in [0.4, 0.5) is 0 Å². The van der Waals surface area contributed by atoms with Crippen molar-refractivity contribution < 1.29 is 14.6 Å². The number of ether oxygens (including phenoxy) is 1. The zero-order chi connectivity index (χ0) is 28.5. The van der Waals surface area contributed by atoms with Gasteiger partial charge in [-0.2, -0.15) is 0 Å². The Kier molecular flexibility index (Phi) is 32.7. The highest BCUT2D eigenvalue weighted by Crippen LogP contribution is 2.14. The average Bonchev–Trinajstić information content (AvgIpc) is 2.94. The van der Waals surface area contributed by atoms with Gasteiger partial charge >= 0.3 is 5.97 Å². The van der Waals surface area contributed by atoms with Gasteiger partial charge in [0.1, 0.15) is 0 Å². The van der Waals surface area contributed by atoms with Crippen LogP contribution in [-0.2, 0) is 9.53 Å². The zero-order valence-electron chi connectivity index (χ0n) is 26.7. The van der Waals surface area contributed by atoms with Crippen molar-refractivity contribution in [1.29, 1.82) is 0 Å². The van der Waals surface area contributed by atoms with Crippen molar-refractivity contribution in [2.24, 2.45) is 0 Å². The van der Waals surface area contributed by atoms with Gasteiger partial charge in [-0.15, -0.1) is 0 Å². The lowest BCUT2D eigenvalue weighted by atomic mass is 10.0. The van der Waals surface area contributed by atoms with E-state index in [0.29, 0.717) is 13.0 Å². The molecule has 0 rings (SSSR count). The number of aliphatic hydroxyl groups is 1. The van der Waals surface area contributed by atoms with Crippen LogP contribution in [0.15, 0.2) is 12.2 Å². The molecule has 3 heteroatoms. The molecule has 1 unspecified atom stereocenters. The molecular formula is C36H70O3. The van der Waals surface area contributed by atoms with E-state index in [1.54, 1.807) is 0 Å². The van der Waals surface area contributed by atoms with Gasteiger partial charge in [0.15, 0.2) is 6.10 Å². The van der Waals surface area contributed by atoms with E-state index in [1.807, 2.05) is 0 Å². The summed E-state index contributed by atoms with van der Waals surface area (Å²) < 4.78 is 5.29. The molecular weight excluding hydrogens is 480 g/mol. The lowest BCUT2D eigenvalue weighted by Gasteiger charge is -2.10. The van der Waals surface area contributed by atoms with Crippen molar-refractivity contribution in [2.45, 2.75) is 206 Å². The van der Waals surface area contributed by atoms with Gasteiger partial charge in [-0.25, -0.2) is 4.79 Å². The number of unbranched alkanes of at least 4 members (excludes halogenated alkanes) is 25. The fourth-order valence-corrected chi connectivity index (χ4v) is 5.27. The molecule has 1 atom stereocenters. The fraction of sp³-hybridized carbons (Fsp3) is 0.917. The van der Waals surface area contributed by atoms with Gasteiger partial charge in [-0.05, 0) is 38.5 Å². The molecule has 1 N–H and O–H groups in total. The van der Waals surface area contributed by atoms with Crippen LogP contribution in [0, 0.1) is 0 Å². The Balaban J connectivity index is 3.31. The van der Waals surface area contributed by atoms with Crippen molar-refractivity contribution in [3.8, 4) is 0 Å². The van der Waals surface area contributed by atoms with Crippen LogP contribution < -0.4 is 0 Å². The monoisotopic (exact) mass is 551 g/mol. The molecule has 0 aromatic heterocycles. The van der Waals surface area contributed by atoms with Gasteiger partial charge < -0.3 is 9.84 Å². The van der Waals surface area contributed by atoms with Gasteiger partial charge in [-0.1, -0.05) is 174 Å². The normalized spacial score (nSPS) is 12.4. The maximum atomic E-state index is 12.0. The predicted octanol–water partition coefficient (Wildman–Crippen LogP) is 11.8. The number of hydrogen-bond donors (Lipinski definition) is 1. The van der Waals surface area contributed by atoms with E-state index in [9.17, 15) is 9.90 Å². The average molecular weight is 551 g/mol. The van der Waals surface area contributed by atoms with Crippen LogP contribution in [0.25, 0.3) is 0 Å². The van der Waals surface area contributed by atoms with Gasteiger partial charge in [0.05, 0.1) is 6.61 Å². The molecule has 0 aliphatic rings. The van der Waals surface area contributed by atoms with Gasteiger partial charge in [0.25, 0.3) is 0 Å².